The Morgan fingerprint density at radius 1 is 0.943 bits per heavy atom. The average molecular weight is 502 g/mol. The van der Waals surface area contributed by atoms with Gasteiger partial charge in [-0.25, -0.2) is 12.8 Å². The lowest BCUT2D eigenvalue weighted by molar-refractivity contribution is -0.119. The first kappa shape index (κ1) is 25.8. The number of methoxy groups -OCH3 is 2. The fourth-order valence-corrected chi connectivity index (χ4v) is 4.86. The van der Waals surface area contributed by atoms with Gasteiger partial charge in [-0.3, -0.25) is 9.10 Å². The van der Waals surface area contributed by atoms with Gasteiger partial charge < -0.3 is 19.7 Å². The number of hydrogen-bond acceptors (Lipinski definition) is 6. The highest BCUT2D eigenvalue weighted by Crippen LogP contribution is 2.32. The number of halogens is 1. The van der Waals surface area contributed by atoms with Crippen LogP contribution >= 0.6 is 0 Å². The molecule has 0 spiro atoms. The number of nitrogens with zero attached hydrogens (tertiary/aromatic N) is 2. The van der Waals surface area contributed by atoms with Crippen molar-refractivity contribution in [1.29, 1.82) is 0 Å². The Morgan fingerprint density at radius 2 is 1.60 bits per heavy atom. The minimum atomic E-state index is -4.33. The Labute approximate surface area is 204 Å². The molecule has 0 aliphatic heterocycles. The molecule has 8 nitrogen and oxygen atoms in total. The highest BCUT2D eigenvalue weighted by Gasteiger charge is 2.30. The standard InChI is InChI=1S/C25H28FN3O5S/c1-28(19-9-5-4-6-10-19)16-15-27-25(30)18-29(22-12-8-7-11-21(22)26)35(31,32)20-13-14-23(33-2)24(17-20)34-3/h4-14,17H,15-16,18H2,1-3H3,(H,27,30). The van der Waals surface area contributed by atoms with E-state index in [1.54, 1.807) is 0 Å². The Bertz CT molecular complexity index is 1250. The van der Waals surface area contributed by atoms with Crippen molar-refractivity contribution >= 4 is 27.3 Å². The predicted octanol–water partition coefficient (Wildman–Crippen LogP) is 3.29. The lowest BCUT2D eigenvalue weighted by Gasteiger charge is -2.25. The molecule has 0 atom stereocenters. The van der Waals surface area contributed by atoms with Crippen molar-refractivity contribution in [1.82, 2.24) is 5.32 Å². The van der Waals surface area contributed by atoms with Crippen LogP contribution in [0.4, 0.5) is 15.8 Å². The Balaban J connectivity index is 1.81. The van der Waals surface area contributed by atoms with Gasteiger partial charge in [-0.15, -0.1) is 0 Å². The van der Waals surface area contributed by atoms with Crippen molar-refractivity contribution in [2.45, 2.75) is 4.90 Å². The molecule has 35 heavy (non-hydrogen) atoms. The van der Waals surface area contributed by atoms with Crippen LogP contribution in [0.1, 0.15) is 0 Å². The van der Waals surface area contributed by atoms with Crippen molar-refractivity contribution in [2.24, 2.45) is 0 Å². The molecule has 1 N–H and O–H groups in total. The van der Waals surface area contributed by atoms with E-state index in [1.165, 1.54) is 50.6 Å². The van der Waals surface area contributed by atoms with Crippen LogP contribution in [0.15, 0.2) is 77.7 Å². The van der Waals surface area contributed by atoms with Gasteiger partial charge in [0, 0.05) is 31.9 Å². The molecule has 0 saturated carbocycles. The third kappa shape index (κ3) is 6.21. The van der Waals surface area contributed by atoms with Gasteiger partial charge >= 0.3 is 0 Å². The van der Waals surface area contributed by atoms with Gasteiger partial charge in [-0.05, 0) is 36.4 Å². The van der Waals surface area contributed by atoms with Crippen molar-refractivity contribution in [3.05, 3.63) is 78.6 Å². The van der Waals surface area contributed by atoms with E-state index in [2.05, 4.69) is 5.32 Å². The van der Waals surface area contributed by atoms with Crippen LogP contribution in [0, 0.1) is 5.82 Å². The number of likely N-dealkylation sites (N-methyl/N-ethyl adjacent to an activating group) is 1. The van der Waals surface area contributed by atoms with E-state index in [9.17, 15) is 17.6 Å². The molecule has 0 bridgehead atoms. The summed E-state index contributed by atoms with van der Waals surface area (Å²) in [5.41, 5.74) is 0.740. The third-order valence-electron chi connectivity index (χ3n) is 5.32. The van der Waals surface area contributed by atoms with Crippen LogP contribution in [0.2, 0.25) is 0 Å². The normalized spacial score (nSPS) is 11.0. The highest BCUT2D eigenvalue weighted by atomic mass is 32.2. The number of carbonyl (C=O) groups excluding carboxylic acids is 1. The Hall–Kier alpha value is -3.79. The summed E-state index contributed by atoms with van der Waals surface area (Å²) >= 11 is 0. The van der Waals surface area contributed by atoms with E-state index in [-0.39, 0.29) is 22.9 Å². The number of para-hydroxylation sites is 2. The topological polar surface area (TPSA) is 88.2 Å². The van der Waals surface area contributed by atoms with E-state index in [4.69, 9.17) is 9.47 Å². The molecule has 1 amide bonds. The molecule has 0 fully saturated rings. The molecular formula is C25H28FN3O5S. The predicted molar refractivity (Wildman–Crippen MR) is 133 cm³/mol. The molecule has 0 aromatic heterocycles. The molecule has 186 valence electrons. The molecule has 10 heteroatoms. The smallest absolute Gasteiger partial charge is 0.265 e. The minimum absolute atomic E-state index is 0.171. The molecule has 3 rings (SSSR count). The van der Waals surface area contributed by atoms with Crippen LogP contribution in [0.5, 0.6) is 11.5 Å². The molecular weight excluding hydrogens is 473 g/mol. The molecule has 0 saturated heterocycles. The highest BCUT2D eigenvalue weighted by molar-refractivity contribution is 7.92. The zero-order valence-electron chi connectivity index (χ0n) is 19.8. The maximum absolute atomic E-state index is 14.7. The Kier molecular flexibility index (Phi) is 8.53. The van der Waals surface area contributed by atoms with Gasteiger partial charge in [0.25, 0.3) is 10.0 Å². The summed E-state index contributed by atoms with van der Waals surface area (Å²) in [4.78, 5) is 14.5. The van der Waals surface area contributed by atoms with E-state index in [0.29, 0.717) is 12.3 Å². The van der Waals surface area contributed by atoms with Crippen molar-refractivity contribution in [3.63, 3.8) is 0 Å². The fourth-order valence-electron chi connectivity index (χ4n) is 3.42. The monoisotopic (exact) mass is 501 g/mol. The van der Waals surface area contributed by atoms with E-state index < -0.39 is 28.3 Å². The van der Waals surface area contributed by atoms with Crippen LogP contribution < -0.4 is 24.0 Å². The lowest BCUT2D eigenvalue weighted by Crippen LogP contribution is -2.43. The van der Waals surface area contributed by atoms with Crippen molar-refractivity contribution in [2.75, 3.05) is 50.1 Å². The number of anilines is 2. The first-order valence-electron chi connectivity index (χ1n) is 10.8. The minimum Gasteiger partial charge on any atom is -0.493 e. The number of nitrogens with one attached hydrogen (secondary N) is 1. The number of amides is 1. The van der Waals surface area contributed by atoms with Crippen molar-refractivity contribution < 1.29 is 27.1 Å². The van der Waals surface area contributed by atoms with E-state index >= 15 is 0 Å². The maximum atomic E-state index is 14.7. The van der Waals surface area contributed by atoms with Gasteiger partial charge in [0.1, 0.15) is 12.4 Å². The van der Waals surface area contributed by atoms with Gasteiger partial charge in [-0.1, -0.05) is 30.3 Å². The van der Waals surface area contributed by atoms with Crippen LogP contribution in [-0.4, -0.2) is 55.2 Å². The zero-order chi connectivity index (χ0) is 25.4. The van der Waals surface area contributed by atoms with Gasteiger partial charge in [0.2, 0.25) is 5.91 Å². The van der Waals surface area contributed by atoms with Crippen molar-refractivity contribution in [3.8, 4) is 11.5 Å². The van der Waals surface area contributed by atoms with Crippen LogP contribution in [-0.2, 0) is 14.8 Å². The number of carbonyl (C=O) groups is 1. The number of sulfonamides is 1. The fraction of sp³-hybridized carbons (Fsp3) is 0.240. The van der Waals surface area contributed by atoms with Gasteiger partial charge in [0.05, 0.1) is 24.8 Å². The first-order valence-corrected chi connectivity index (χ1v) is 12.2. The van der Waals surface area contributed by atoms with E-state index in [0.717, 1.165) is 16.1 Å². The molecule has 0 heterocycles. The summed E-state index contributed by atoms with van der Waals surface area (Å²) in [6.45, 7) is 0.163. The van der Waals surface area contributed by atoms with Crippen LogP contribution in [0.3, 0.4) is 0 Å². The molecule has 3 aromatic rings. The number of hydrogen-bond donors (Lipinski definition) is 1. The average Bonchev–Trinajstić information content (AvgIpc) is 2.87. The number of ether oxygens (including phenoxy) is 2. The maximum Gasteiger partial charge on any atom is 0.265 e. The summed E-state index contributed by atoms with van der Waals surface area (Å²) in [5, 5.41) is 2.71. The zero-order valence-corrected chi connectivity index (χ0v) is 20.6. The summed E-state index contributed by atoms with van der Waals surface area (Å²) in [6.07, 6.45) is 0. The summed E-state index contributed by atoms with van der Waals surface area (Å²) in [7, 11) is 0.362. The summed E-state index contributed by atoms with van der Waals surface area (Å²) < 4.78 is 52.8. The van der Waals surface area contributed by atoms with E-state index in [1.807, 2.05) is 42.3 Å². The third-order valence-corrected chi connectivity index (χ3v) is 7.07. The summed E-state index contributed by atoms with van der Waals surface area (Å²) in [6, 6.07) is 19.0. The molecule has 0 unspecified atom stereocenters. The molecule has 3 aromatic carbocycles. The second-order valence-corrected chi connectivity index (χ2v) is 9.45. The lowest BCUT2D eigenvalue weighted by atomic mass is 10.3. The van der Waals surface area contributed by atoms with Crippen LogP contribution in [0.25, 0.3) is 0 Å². The molecule has 0 radical (unpaired) electrons. The number of rotatable bonds is 11. The molecule has 0 aliphatic carbocycles. The van der Waals surface area contributed by atoms with Gasteiger partial charge in [-0.2, -0.15) is 0 Å². The number of benzene rings is 3. The largest absolute Gasteiger partial charge is 0.493 e. The molecule has 0 aliphatic rings. The second kappa shape index (κ2) is 11.6. The Morgan fingerprint density at radius 3 is 2.26 bits per heavy atom. The quantitative estimate of drug-likeness (QED) is 0.434. The second-order valence-electron chi connectivity index (χ2n) is 7.59. The van der Waals surface area contributed by atoms with Gasteiger partial charge in [0.15, 0.2) is 11.5 Å². The SMILES string of the molecule is COc1ccc(S(=O)(=O)N(CC(=O)NCCN(C)c2ccccc2)c2ccccc2F)cc1OC. The first-order chi connectivity index (χ1) is 16.8. The summed E-state index contributed by atoms with van der Waals surface area (Å²) in [5.74, 6) is -0.813.